The van der Waals surface area contributed by atoms with E-state index >= 15 is 0 Å². The first-order valence-corrected chi connectivity index (χ1v) is 13.9. The van der Waals surface area contributed by atoms with Gasteiger partial charge in [0.05, 0.1) is 22.4 Å². The molecule has 2 aliphatic carbocycles. The van der Waals surface area contributed by atoms with Crippen molar-refractivity contribution in [3.05, 3.63) is 68.2 Å². The summed E-state index contributed by atoms with van der Waals surface area (Å²) in [5, 5.41) is 9.29. The van der Waals surface area contributed by atoms with Crippen LogP contribution >= 0.6 is 15.9 Å². The number of ether oxygens (including phenoxy) is 1. The van der Waals surface area contributed by atoms with Gasteiger partial charge in [0.2, 0.25) is 10.0 Å². The number of rotatable bonds is 3. The molecule has 0 aromatic heterocycles. The lowest BCUT2D eigenvalue weighted by molar-refractivity contribution is 0.105. The highest BCUT2D eigenvalue weighted by molar-refractivity contribution is 9.10. The van der Waals surface area contributed by atoms with E-state index in [1.807, 2.05) is 24.3 Å². The number of fused-ring (bicyclic) bond motifs is 3. The molecule has 5 rings (SSSR count). The first-order chi connectivity index (χ1) is 16.0. The van der Waals surface area contributed by atoms with Crippen LogP contribution in [0.3, 0.4) is 0 Å². The molecule has 0 bridgehead atoms. The van der Waals surface area contributed by atoms with Crippen LogP contribution in [-0.4, -0.2) is 44.0 Å². The first-order valence-electron chi connectivity index (χ1n) is 11.3. The van der Waals surface area contributed by atoms with Gasteiger partial charge in [-0.2, -0.15) is 5.26 Å². The number of Topliss-reactive ketones (excluding diaryl/α,β-unsaturated/α-hetero) is 1. The van der Waals surface area contributed by atoms with Crippen molar-refractivity contribution in [2.75, 3.05) is 19.3 Å². The monoisotopic (exact) mass is 540 g/mol. The van der Waals surface area contributed by atoms with E-state index in [0.717, 1.165) is 27.8 Å². The number of ketones is 1. The van der Waals surface area contributed by atoms with Crippen molar-refractivity contribution < 1.29 is 17.9 Å². The summed E-state index contributed by atoms with van der Waals surface area (Å²) in [7, 11) is -3.19. The summed E-state index contributed by atoms with van der Waals surface area (Å²) in [6, 6.07) is 11.6. The summed E-state index contributed by atoms with van der Waals surface area (Å²) >= 11 is 3.60. The molecule has 0 N–H and O–H groups in total. The summed E-state index contributed by atoms with van der Waals surface area (Å²) in [4.78, 5) is 13.6. The molecule has 1 saturated heterocycles. The Balaban J connectivity index is 1.47. The first kappa shape index (κ1) is 23.3. The smallest absolute Gasteiger partial charge is 0.211 e. The van der Waals surface area contributed by atoms with Gasteiger partial charge in [-0.05, 0) is 81.7 Å². The molecule has 0 radical (unpaired) electrons. The van der Waals surface area contributed by atoms with Crippen LogP contribution in [0, 0.1) is 11.3 Å². The zero-order valence-corrected chi connectivity index (χ0v) is 21.7. The highest BCUT2D eigenvalue weighted by Crippen LogP contribution is 2.51. The van der Waals surface area contributed by atoms with Crippen LogP contribution in [-0.2, 0) is 21.9 Å². The van der Waals surface area contributed by atoms with E-state index in [-0.39, 0.29) is 17.3 Å². The Bertz CT molecular complexity index is 1410. The van der Waals surface area contributed by atoms with Crippen molar-refractivity contribution in [2.24, 2.45) is 0 Å². The maximum absolute atomic E-state index is 13.6. The number of hydrogen-bond donors (Lipinski definition) is 0. The number of carbonyl (C=O) groups excluding carboxylic acids is 1. The lowest BCUT2D eigenvalue weighted by Crippen LogP contribution is -2.41. The van der Waals surface area contributed by atoms with Crippen molar-refractivity contribution in [3.8, 4) is 11.8 Å². The molecule has 0 amide bonds. The zero-order chi connectivity index (χ0) is 24.4. The van der Waals surface area contributed by atoms with E-state index in [4.69, 9.17) is 4.74 Å². The van der Waals surface area contributed by atoms with Gasteiger partial charge in [-0.1, -0.05) is 19.9 Å². The number of carbonyl (C=O) groups is 1. The Morgan fingerprint density at radius 1 is 1.15 bits per heavy atom. The molecule has 0 spiro atoms. The molecular weight excluding hydrogens is 516 g/mol. The van der Waals surface area contributed by atoms with Crippen molar-refractivity contribution in [3.63, 3.8) is 0 Å². The fourth-order valence-corrected chi connectivity index (χ4v) is 6.71. The van der Waals surface area contributed by atoms with Crippen LogP contribution in [0.4, 0.5) is 0 Å². The number of benzene rings is 2. The number of hydrogen-bond acceptors (Lipinski definition) is 5. The van der Waals surface area contributed by atoms with Crippen molar-refractivity contribution >= 4 is 37.3 Å². The number of piperidine rings is 1. The van der Waals surface area contributed by atoms with Crippen LogP contribution in [0.1, 0.15) is 59.3 Å². The molecular formula is C26H25BrN2O4S. The normalized spacial score (nSPS) is 19.9. The van der Waals surface area contributed by atoms with E-state index in [2.05, 4.69) is 35.8 Å². The Morgan fingerprint density at radius 3 is 2.50 bits per heavy atom. The predicted molar refractivity (Wildman–Crippen MR) is 133 cm³/mol. The fourth-order valence-electron chi connectivity index (χ4n) is 5.39. The average molecular weight is 541 g/mol. The molecule has 176 valence electrons. The summed E-state index contributed by atoms with van der Waals surface area (Å²) < 4.78 is 32.1. The van der Waals surface area contributed by atoms with Gasteiger partial charge >= 0.3 is 0 Å². The second-order valence-electron chi connectivity index (χ2n) is 9.78. The minimum Gasteiger partial charge on any atom is -0.489 e. The third-order valence-corrected chi connectivity index (χ3v) is 9.23. The molecule has 34 heavy (non-hydrogen) atoms. The molecule has 2 aromatic carbocycles. The van der Waals surface area contributed by atoms with Crippen LogP contribution in [0.2, 0.25) is 0 Å². The topological polar surface area (TPSA) is 87.5 Å². The molecule has 0 atom stereocenters. The summed E-state index contributed by atoms with van der Waals surface area (Å²) in [6.45, 7) is 5.14. The quantitative estimate of drug-likeness (QED) is 0.567. The number of halogens is 1. The van der Waals surface area contributed by atoms with Gasteiger partial charge in [-0.25, -0.2) is 12.7 Å². The molecule has 3 aliphatic rings. The van der Waals surface area contributed by atoms with Gasteiger partial charge in [0.15, 0.2) is 5.78 Å². The largest absolute Gasteiger partial charge is 0.489 e. The SMILES string of the molecule is CC1(C)C2=C(C(=O)c3cc(Br)c(OC4CCN(S(C)(=O)=O)CC4)cc31)c1ccc(C#N)cc1C2. The van der Waals surface area contributed by atoms with Gasteiger partial charge in [-0.3, -0.25) is 4.79 Å². The van der Waals surface area contributed by atoms with Gasteiger partial charge in [0.1, 0.15) is 11.9 Å². The Labute approximate surface area is 208 Å². The molecule has 1 aliphatic heterocycles. The summed E-state index contributed by atoms with van der Waals surface area (Å²) in [6.07, 6.45) is 3.02. The zero-order valence-electron chi connectivity index (χ0n) is 19.3. The van der Waals surface area contributed by atoms with E-state index in [9.17, 15) is 18.5 Å². The highest BCUT2D eigenvalue weighted by atomic mass is 79.9. The van der Waals surface area contributed by atoms with Gasteiger partial charge in [0, 0.05) is 29.6 Å². The number of nitriles is 1. The summed E-state index contributed by atoms with van der Waals surface area (Å²) in [5.41, 5.74) is 5.57. The molecule has 6 nitrogen and oxygen atoms in total. The third-order valence-electron chi connectivity index (χ3n) is 7.31. The molecule has 2 aromatic rings. The molecule has 1 heterocycles. The highest BCUT2D eigenvalue weighted by Gasteiger charge is 2.43. The van der Waals surface area contributed by atoms with Crippen molar-refractivity contribution in [1.82, 2.24) is 4.31 Å². The Morgan fingerprint density at radius 2 is 1.85 bits per heavy atom. The minimum atomic E-state index is -3.19. The van der Waals surface area contributed by atoms with E-state index in [0.29, 0.717) is 53.7 Å². The lowest BCUT2D eigenvalue weighted by Gasteiger charge is -2.35. The third kappa shape index (κ3) is 3.71. The number of nitrogens with zero attached hydrogens (tertiary/aromatic N) is 2. The van der Waals surface area contributed by atoms with Crippen molar-refractivity contribution in [1.29, 1.82) is 5.26 Å². The van der Waals surface area contributed by atoms with E-state index < -0.39 is 10.0 Å². The second kappa shape index (κ2) is 8.04. The second-order valence-corrected chi connectivity index (χ2v) is 12.6. The van der Waals surface area contributed by atoms with Crippen LogP contribution in [0.15, 0.2) is 40.4 Å². The fraction of sp³-hybridized carbons (Fsp3) is 0.385. The van der Waals surface area contributed by atoms with Crippen LogP contribution in [0.5, 0.6) is 5.75 Å². The van der Waals surface area contributed by atoms with Gasteiger partial charge < -0.3 is 4.74 Å². The Hall–Kier alpha value is -2.47. The van der Waals surface area contributed by atoms with Gasteiger partial charge in [-0.15, -0.1) is 0 Å². The molecule has 1 fully saturated rings. The standard InChI is InChI=1S/C26H25BrN2O4S/c1-26(2)20-13-23(33-17-6-8-29(9-7-17)34(3,31)32)22(27)12-19(20)25(30)24-18-5-4-15(14-28)10-16(18)11-21(24)26/h4-5,10,12-13,17H,6-9,11H2,1-3H3. The van der Waals surface area contributed by atoms with Crippen LogP contribution < -0.4 is 4.74 Å². The number of allylic oxidation sites excluding steroid dienone is 2. The van der Waals surface area contributed by atoms with Gasteiger partial charge in [0.25, 0.3) is 0 Å². The summed E-state index contributed by atoms with van der Waals surface area (Å²) in [5.74, 6) is 0.672. The Kier molecular flexibility index (Phi) is 5.51. The maximum atomic E-state index is 13.6. The molecule has 0 unspecified atom stereocenters. The van der Waals surface area contributed by atoms with E-state index in [1.54, 1.807) is 6.07 Å². The van der Waals surface area contributed by atoms with Crippen molar-refractivity contribution in [2.45, 2.75) is 44.6 Å². The average Bonchev–Trinajstić information content (AvgIpc) is 3.18. The van der Waals surface area contributed by atoms with E-state index in [1.165, 1.54) is 10.6 Å². The lowest BCUT2D eigenvalue weighted by atomic mass is 9.68. The molecule has 8 heteroatoms. The number of sulfonamides is 1. The minimum absolute atomic E-state index is 0.00138. The predicted octanol–water partition coefficient (Wildman–Crippen LogP) is 4.61. The molecule has 0 saturated carbocycles. The van der Waals surface area contributed by atoms with Crippen LogP contribution in [0.25, 0.3) is 5.57 Å². The maximum Gasteiger partial charge on any atom is 0.211 e.